The lowest BCUT2D eigenvalue weighted by Gasteiger charge is -2.40. The Kier molecular flexibility index (Phi) is 4.09. The number of nitrogens with two attached hydrogens (primary N) is 1. The van der Waals surface area contributed by atoms with Crippen LogP contribution in [0.4, 0.5) is 14.5 Å². The van der Waals surface area contributed by atoms with Gasteiger partial charge in [-0.15, -0.1) is 0 Å². The molecule has 0 spiro atoms. The van der Waals surface area contributed by atoms with Gasteiger partial charge in [0, 0.05) is 36.3 Å². The largest absolute Gasteiger partial charge is 0.364 e. The normalized spacial score (nSPS) is 25.4. The van der Waals surface area contributed by atoms with Gasteiger partial charge in [0.1, 0.15) is 11.1 Å². The minimum atomic E-state index is -2.74. The molecule has 3 heterocycles. The van der Waals surface area contributed by atoms with Gasteiger partial charge in [-0.3, -0.25) is 9.59 Å². The van der Waals surface area contributed by atoms with E-state index in [2.05, 4.69) is 16.8 Å². The lowest BCUT2D eigenvalue weighted by molar-refractivity contribution is -0.130. The van der Waals surface area contributed by atoms with E-state index in [-0.39, 0.29) is 11.6 Å². The summed E-state index contributed by atoms with van der Waals surface area (Å²) in [6.45, 7) is -0.0759. The minimum absolute atomic E-state index is 0.0125. The van der Waals surface area contributed by atoms with Gasteiger partial charge in [-0.2, -0.15) is 0 Å². The summed E-state index contributed by atoms with van der Waals surface area (Å²) in [6.07, 6.45) is 0.801. The summed E-state index contributed by atoms with van der Waals surface area (Å²) in [5.74, 6) is 3.19. The van der Waals surface area contributed by atoms with Gasteiger partial charge in [0.25, 0.3) is 11.8 Å². The van der Waals surface area contributed by atoms with Gasteiger partial charge in [-0.25, -0.2) is 13.8 Å². The standard InChI is InChI=1S/C23H20F2N4O2/c1-28-11-16-10-22(16,21(28)31)6-5-14-3-2-4-15(7-14)18-8-17(9-19(27-18)20(26)30)29-12-23(24,25)13-29/h2-4,7-9,16H,10-13H2,1H3,(H2,26,30)/t16?,22-/m0/s1. The van der Waals surface area contributed by atoms with Crippen LogP contribution >= 0.6 is 0 Å². The maximum atomic E-state index is 13.3. The van der Waals surface area contributed by atoms with Crippen molar-refractivity contribution in [2.75, 3.05) is 31.6 Å². The number of hydrogen-bond donors (Lipinski definition) is 1. The SMILES string of the molecule is CN1CC2C[C@]2(C#Cc2cccc(-c3cc(N4CC(F)(F)C4)cc(C(N)=O)n3)c2)C1=O. The Hall–Kier alpha value is -3.47. The second kappa shape index (κ2) is 6.51. The topological polar surface area (TPSA) is 79.5 Å². The second-order valence-corrected chi connectivity index (χ2v) is 8.56. The van der Waals surface area contributed by atoms with Gasteiger partial charge < -0.3 is 15.5 Å². The molecule has 6 nitrogen and oxygen atoms in total. The molecule has 5 rings (SSSR count). The number of likely N-dealkylation sites (tertiary alicyclic amines) is 1. The van der Waals surface area contributed by atoms with E-state index < -0.39 is 30.3 Å². The summed E-state index contributed by atoms with van der Waals surface area (Å²) < 4.78 is 26.6. The first-order valence-corrected chi connectivity index (χ1v) is 10.0. The summed E-state index contributed by atoms with van der Waals surface area (Å²) in [6, 6.07) is 10.4. The predicted octanol–water partition coefficient (Wildman–Crippen LogP) is 2.13. The zero-order chi connectivity index (χ0) is 22.0. The Labute approximate surface area is 178 Å². The van der Waals surface area contributed by atoms with Crippen molar-refractivity contribution < 1.29 is 18.4 Å². The average Bonchev–Trinajstić information content (AvgIpc) is 3.37. The number of hydrogen-bond acceptors (Lipinski definition) is 4. The Bertz CT molecular complexity index is 1180. The van der Waals surface area contributed by atoms with Crippen molar-refractivity contribution in [1.82, 2.24) is 9.88 Å². The zero-order valence-electron chi connectivity index (χ0n) is 16.9. The first kappa shape index (κ1) is 19.5. The number of primary amides is 1. The van der Waals surface area contributed by atoms with Crippen LogP contribution in [0.5, 0.6) is 0 Å². The predicted molar refractivity (Wildman–Crippen MR) is 110 cm³/mol. The van der Waals surface area contributed by atoms with Gasteiger partial charge in [0.15, 0.2) is 0 Å². The highest BCUT2D eigenvalue weighted by Crippen LogP contribution is 2.57. The third-order valence-electron chi connectivity index (χ3n) is 6.19. The van der Waals surface area contributed by atoms with Crippen LogP contribution in [0.1, 0.15) is 22.5 Å². The molecule has 1 unspecified atom stereocenters. The number of carbonyl (C=O) groups excluding carboxylic acids is 2. The fourth-order valence-electron chi connectivity index (χ4n) is 4.38. The quantitative estimate of drug-likeness (QED) is 0.769. The number of halogens is 2. The van der Waals surface area contributed by atoms with Crippen LogP contribution in [0, 0.1) is 23.2 Å². The van der Waals surface area contributed by atoms with E-state index >= 15 is 0 Å². The molecule has 2 aliphatic heterocycles. The van der Waals surface area contributed by atoms with E-state index in [1.165, 1.54) is 11.0 Å². The minimum Gasteiger partial charge on any atom is -0.364 e. The Balaban J connectivity index is 1.46. The van der Waals surface area contributed by atoms with Crippen molar-refractivity contribution in [3.63, 3.8) is 0 Å². The summed E-state index contributed by atoms with van der Waals surface area (Å²) in [7, 11) is 1.79. The van der Waals surface area contributed by atoms with Crippen LogP contribution in [0.15, 0.2) is 36.4 Å². The molecule has 2 amide bonds. The summed E-state index contributed by atoms with van der Waals surface area (Å²) in [5, 5.41) is 0. The third-order valence-corrected chi connectivity index (χ3v) is 6.19. The average molecular weight is 422 g/mol. The van der Waals surface area contributed by atoms with Crippen LogP contribution in [0.3, 0.4) is 0 Å². The van der Waals surface area contributed by atoms with Gasteiger partial charge in [-0.05, 0) is 30.7 Å². The Morgan fingerprint density at radius 3 is 2.68 bits per heavy atom. The molecule has 1 aliphatic carbocycles. The van der Waals surface area contributed by atoms with E-state index in [1.807, 2.05) is 12.1 Å². The van der Waals surface area contributed by atoms with Crippen LogP contribution in [0.2, 0.25) is 0 Å². The first-order valence-electron chi connectivity index (χ1n) is 10.0. The monoisotopic (exact) mass is 422 g/mol. The van der Waals surface area contributed by atoms with Crippen molar-refractivity contribution in [2.24, 2.45) is 17.1 Å². The van der Waals surface area contributed by atoms with Crippen LogP contribution in [-0.2, 0) is 4.79 Å². The highest BCUT2D eigenvalue weighted by molar-refractivity contribution is 5.93. The number of anilines is 1. The molecule has 1 aromatic carbocycles. The second-order valence-electron chi connectivity index (χ2n) is 8.56. The number of amides is 2. The van der Waals surface area contributed by atoms with Crippen molar-refractivity contribution in [2.45, 2.75) is 12.3 Å². The number of pyridine rings is 1. The van der Waals surface area contributed by atoms with Gasteiger partial charge in [-0.1, -0.05) is 24.0 Å². The number of piperidine rings is 1. The van der Waals surface area contributed by atoms with Gasteiger partial charge in [0.2, 0.25) is 5.91 Å². The lowest BCUT2D eigenvalue weighted by atomic mass is 10.0. The Morgan fingerprint density at radius 1 is 1.26 bits per heavy atom. The highest BCUT2D eigenvalue weighted by Gasteiger charge is 2.65. The molecule has 1 aromatic heterocycles. The number of rotatable bonds is 3. The molecule has 31 heavy (non-hydrogen) atoms. The smallest absolute Gasteiger partial charge is 0.282 e. The van der Waals surface area contributed by atoms with E-state index in [0.29, 0.717) is 28.4 Å². The van der Waals surface area contributed by atoms with Crippen molar-refractivity contribution >= 4 is 17.5 Å². The van der Waals surface area contributed by atoms with E-state index in [4.69, 9.17) is 5.73 Å². The first-order chi connectivity index (χ1) is 14.7. The third kappa shape index (κ3) is 3.30. The number of carbonyl (C=O) groups is 2. The molecule has 2 saturated heterocycles. The molecular formula is C23H20F2N4O2. The summed E-state index contributed by atoms with van der Waals surface area (Å²) >= 11 is 0. The van der Waals surface area contributed by atoms with Crippen LogP contribution in [-0.4, -0.2) is 54.3 Å². The highest BCUT2D eigenvalue weighted by atomic mass is 19.3. The molecule has 3 fully saturated rings. The van der Waals surface area contributed by atoms with Crippen LogP contribution in [0.25, 0.3) is 11.3 Å². The number of nitrogens with zero attached hydrogens (tertiary/aromatic N) is 3. The van der Waals surface area contributed by atoms with Crippen molar-refractivity contribution in [3.05, 3.63) is 47.7 Å². The molecule has 2 atom stereocenters. The summed E-state index contributed by atoms with van der Waals surface area (Å²) in [4.78, 5) is 31.6. The molecule has 1 saturated carbocycles. The molecule has 2 N–H and O–H groups in total. The van der Waals surface area contributed by atoms with Crippen molar-refractivity contribution in [1.29, 1.82) is 0 Å². The molecule has 2 aromatic rings. The number of alkyl halides is 2. The van der Waals surface area contributed by atoms with Crippen molar-refractivity contribution in [3.8, 4) is 23.1 Å². The van der Waals surface area contributed by atoms with E-state index in [9.17, 15) is 18.4 Å². The summed E-state index contributed by atoms with van der Waals surface area (Å²) in [5.41, 5.74) is 7.18. The number of benzene rings is 1. The molecule has 0 radical (unpaired) electrons. The fraction of sp³-hybridized carbons (Fsp3) is 0.348. The molecule has 158 valence electrons. The molecule has 0 bridgehead atoms. The number of aromatic nitrogens is 1. The van der Waals surface area contributed by atoms with Crippen LogP contribution < -0.4 is 10.6 Å². The number of fused-ring (bicyclic) bond motifs is 1. The zero-order valence-corrected chi connectivity index (χ0v) is 16.9. The maximum Gasteiger partial charge on any atom is 0.282 e. The lowest BCUT2D eigenvalue weighted by Crippen LogP contribution is -2.56. The van der Waals surface area contributed by atoms with E-state index in [1.54, 1.807) is 30.1 Å². The van der Waals surface area contributed by atoms with Gasteiger partial charge >= 0.3 is 0 Å². The maximum absolute atomic E-state index is 13.3. The fourth-order valence-corrected chi connectivity index (χ4v) is 4.38. The molecule has 3 aliphatic rings. The molecular weight excluding hydrogens is 402 g/mol. The van der Waals surface area contributed by atoms with Gasteiger partial charge in [0.05, 0.1) is 18.8 Å². The molecule has 8 heteroatoms. The van der Waals surface area contributed by atoms with E-state index in [0.717, 1.165) is 13.0 Å². The Morgan fingerprint density at radius 2 is 2.03 bits per heavy atom.